The molecule has 0 aliphatic heterocycles. The number of carbonyl (C=O) groups excluding carboxylic acids is 2. The lowest BCUT2D eigenvalue weighted by molar-refractivity contribution is 0.0869. The highest BCUT2D eigenvalue weighted by Gasteiger charge is 2.53. The van der Waals surface area contributed by atoms with Gasteiger partial charge < -0.3 is 0 Å². The standard InChI is InChI=1S/C16H12BrNO2/c1-9-7-10(2)18-13(8-9)16(17)14(19)11-5-3-4-6-12(11)15(16)20/h3-8H,1-2H3. The summed E-state index contributed by atoms with van der Waals surface area (Å²) >= 11 is 3.37. The van der Waals surface area contributed by atoms with Gasteiger partial charge in [0.05, 0.1) is 5.69 Å². The zero-order valence-corrected chi connectivity index (χ0v) is 12.7. The highest BCUT2D eigenvalue weighted by molar-refractivity contribution is 9.10. The predicted octanol–water partition coefficient (Wildman–Crippen LogP) is 3.37. The molecule has 0 fully saturated rings. The van der Waals surface area contributed by atoms with Gasteiger partial charge in [0.2, 0.25) is 0 Å². The van der Waals surface area contributed by atoms with E-state index in [1.54, 1.807) is 30.3 Å². The molecule has 1 heterocycles. The fraction of sp³-hybridized carbons (Fsp3) is 0.188. The zero-order chi connectivity index (χ0) is 14.5. The molecule has 4 heteroatoms. The molecule has 0 saturated heterocycles. The van der Waals surface area contributed by atoms with Crippen LogP contribution in [0.25, 0.3) is 0 Å². The molecule has 1 aromatic heterocycles. The second kappa shape index (κ2) is 4.35. The van der Waals surface area contributed by atoms with Crippen molar-refractivity contribution in [3.05, 3.63) is 64.5 Å². The van der Waals surface area contributed by atoms with Crippen molar-refractivity contribution in [3.63, 3.8) is 0 Å². The van der Waals surface area contributed by atoms with Gasteiger partial charge in [-0.15, -0.1) is 0 Å². The van der Waals surface area contributed by atoms with Crippen LogP contribution in [0.4, 0.5) is 0 Å². The van der Waals surface area contributed by atoms with Crippen molar-refractivity contribution in [3.8, 4) is 0 Å². The molecule has 3 rings (SSSR count). The number of aromatic nitrogens is 1. The van der Waals surface area contributed by atoms with E-state index in [1.165, 1.54) is 0 Å². The Morgan fingerprint density at radius 2 is 1.55 bits per heavy atom. The summed E-state index contributed by atoms with van der Waals surface area (Å²) in [7, 11) is 0. The monoisotopic (exact) mass is 329 g/mol. The number of aryl methyl sites for hydroxylation is 2. The molecule has 0 saturated carbocycles. The minimum atomic E-state index is -1.38. The van der Waals surface area contributed by atoms with Crippen molar-refractivity contribution in [1.29, 1.82) is 0 Å². The average molecular weight is 330 g/mol. The molecule has 1 aromatic carbocycles. The molecule has 3 nitrogen and oxygen atoms in total. The number of carbonyl (C=O) groups is 2. The maximum atomic E-state index is 12.6. The first-order valence-electron chi connectivity index (χ1n) is 6.28. The summed E-state index contributed by atoms with van der Waals surface area (Å²) in [5, 5.41) is 0. The Labute approximate surface area is 125 Å². The number of Topliss-reactive ketones (excluding diaryl/α,β-unsaturated/α-hetero) is 2. The molecule has 0 N–H and O–H groups in total. The molecule has 0 atom stereocenters. The fourth-order valence-electron chi connectivity index (χ4n) is 2.60. The maximum absolute atomic E-state index is 12.6. The van der Waals surface area contributed by atoms with E-state index in [-0.39, 0.29) is 11.6 Å². The summed E-state index contributed by atoms with van der Waals surface area (Å²) in [5.41, 5.74) is 3.13. The van der Waals surface area contributed by atoms with Gasteiger partial charge in [-0.25, -0.2) is 0 Å². The van der Waals surface area contributed by atoms with Crippen LogP contribution in [-0.4, -0.2) is 16.6 Å². The normalized spacial score (nSPS) is 16.4. The Bertz CT molecular complexity index is 697. The lowest BCUT2D eigenvalue weighted by atomic mass is 9.97. The molecule has 0 spiro atoms. The third-order valence-corrected chi connectivity index (χ3v) is 4.62. The second-order valence-corrected chi connectivity index (χ2v) is 6.22. The molecule has 1 aliphatic carbocycles. The first-order chi connectivity index (χ1) is 9.44. The van der Waals surface area contributed by atoms with E-state index in [4.69, 9.17) is 0 Å². The average Bonchev–Trinajstić information content (AvgIpc) is 2.62. The van der Waals surface area contributed by atoms with Gasteiger partial charge in [0.15, 0.2) is 15.9 Å². The molecule has 20 heavy (non-hydrogen) atoms. The molecule has 2 aromatic rings. The number of halogens is 1. The van der Waals surface area contributed by atoms with Gasteiger partial charge in [0.25, 0.3) is 0 Å². The molecule has 0 unspecified atom stereocenters. The zero-order valence-electron chi connectivity index (χ0n) is 11.1. The van der Waals surface area contributed by atoms with Crippen molar-refractivity contribution in [2.75, 3.05) is 0 Å². The Kier molecular flexibility index (Phi) is 2.87. The molecule has 0 amide bonds. The summed E-state index contributed by atoms with van der Waals surface area (Å²) < 4.78 is -1.38. The second-order valence-electron chi connectivity index (χ2n) is 5.03. The number of pyridine rings is 1. The van der Waals surface area contributed by atoms with Crippen molar-refractivity contribution in [2.24, 2.45) is 0 Å². The van der Waals surface area contributed by atoms with Crippen LogP contribution >= 0.6 is 15.9 Å². The van der Waals surface area contributed by atoms with Gasteiger partial charge in [-0.2, -0.15) is 0 Å². The van der Waals surface area contributed by atoms with Crippen molar-refractivity contribution in [2.45, 2.75) is 18.2 Å². The van der Waals surface area contributed by atoms with Gasteiger partial charge in [-0.3, -0.25) is 14.6 Å². The van der Waals surface area contributed by atoms with Crippen molar-refractivity contribution >= 4 is 27.5 Å². The van der Waals surface area contributed by atoms with E-state index in [0.717, 1.165) is 11.3 Å². The molecular formula is C16H12BrNO2. The van der Waals surface area contributed by atoms with Gasteiger partial charge in [-0.05, 0) is 31.5 Å². The Morgan fingerprint density at radius 3 is 2.05 bits per heavy atom. The number of alkyl halides is 1. The van der Waals surface area contributed by atoms with Gasteiger partial charge in [0, 0.05) is 16.8 Å². The highest BCUT2D eigenvalue weighted by Crippen LogP contribution is 2.43. The summed E-state index contributed by atoms with van der Waals surface area (Å²) in [4.78, 5) is 29.7. The van der Waals surface area contributed by atoms with Gasteiger partial charge in [-0.1, -0.05) is 40.2 Å². The number of fused-ring (bicyclic) bond motifs is 1. The Balaban J connectivity index is 2.24. The van der Waals surface area contributed by atoms with Crippen molar-refractivity contribution in [1.82, 2.24) is 4.98 Å². The van der Waals surface area contributed by atoms with E-state index in [9.17, 15) is 9.59 Å². The first kappa shape index (κ1) is 13.2. The van der Waals surface area contributed by atoms with E-state index in [2.05, 4.69) is 20.9 Å². The summed E-state index contributed by atoms with van der Waals surface area (Å²) in [6.45, 7) is 3.77. The van der Waals surface area contributed by atoms with Crippen LogP contribution in [-0.2, 0) is 4.32 Å². The lowest BCUT2D eigenvalue weighted by Crippen LogP contribution is -2.32. The smallest absolute Gasteiger partial charge is 0.194 e. The number of hydrogen-bond acceptors (Lipinski definition) is 3. The number of hydrogen-bond donors (Lipinski definition) is 0. The van der Waals surface area contributed by atoms with E-state index < -0.39 is 4.32 Å². The molecule has 0 radical (unpaired) electrons. The van der Waals surface area contributed by atoms with Crippen LogP contribution in [0.5, 0.6) is 0 Å². The Hall–Kier alpha value is -1.81. The van der Waals surface area contributed by atoms with Gasteiger partial charge >= 0.3 is 0 Å². The maximum Gasteiger partial charge on any atom is 0.194 e. The third-order valence-electron chi connectivity index (χ3n) is 3.49. The SMILES string of the molecule is Cc1cc(C)nc(C2(Br)C(=O)c3ccccc3C2=O)c1. The van der Waals surface area contributed by atoms with Crippen LogP contribution in [0.2, 0.25) is 0 Å². The quantitative estimate of drug-likeness (QED) is 0.595. The fourth-order valence-corrected chi connectivity index (χ4v) is 3.23. The minimum absolute atomic E-state index is 0.240. The van der Waals surface area contributed by atoms with Gasteiger partial charge in [0.1, 0.15) is 0 Å². The lowest BCUT2D eigenvalue weighted by Gasteiger charge is -2.18. The minimum Gasteiger partial charge on any atom is -0.292 e. The summed E-state index contributed by atoms with van der Waals surface area (Å²) in [5.74, 6) is -0.480. The van der Waals surface area contributed by atoms with Crippen LogP contribution in [0.15, 0.2) is 36.4 Å². The third kappa shape index (κ3) is 1.68. The molecule has 1 aliphatic rings. The Morgan fingerprint density at radius 1 is 1.00 bits per heavy atom. The van der Waals surface area contributed by atoms with E-state index >= 15 is 0 Å². The molecule has 0 bridgehead atoms. The van der Waals surface area contributed by atoms with Crippen LogP contribution in [0.3, 0.4) is 0 Å². The predicted molar refractivity (Wildman–Crippen MR) is 79.4 cm³/mol. The number of rotatable bonds is 1. The summed E-state index contributed by atoms with van der Waals surface area (Å²) in [6.07, 6.45) is 0. The highest BCUT2D eigenvalue weighted by atomic mass is 79.9. The number of benzene rings is 1. The van der Waals surface area contributed by atoms with Crippen LogP contribution in [0, 0.1) is 13.8 Å². The molecule has 100 valence electrons. The van der Waals surface area contributed by atoms with E-state index in [0.29, 0.717) is 16.8 Å². The topological polar surface area (TPSA) is 47.0 Å². The summed E-state index contributed by atoms with van der Waals surface area (Å²) in [6, 6.07) is 10.6. The largest absolute Gasteiger partial charge is 0.292 e. The van der Waals surface area contributed by atoms with Crippen LogP contribution < -0.4 is 0 Å². The van der Waals surface area contributed by atoms with Crippen LogP contribution in [0.1, 0.15) is 37.7 Å². The first-order valence-corrected chi connectivity index (χ1v) is 7.07. The number of ketones is 2. The van der Waals surface area contributed by atoms with E-state index in [1.807, 2.05) is 19.9 Å². The number of nitrogens with zero attached hydrogens (tertiary/aromatic N) is 1. The molecular weight excluding hydrogens is 318 g/mol. The van der Waals surface area contributed by atoms with Crippen molar-refractivity contribution < 1.29 is 9.59 Å².